The summed E-state index contributed by atoms with van der Waals surface area (Å²) in [5.74, 6) is 0.624. The van der Waals surface area contributed by atoms with E-state index in [0.717, 1.165) is 6.42 Å². The second kappa shape index (κ2) is 2.91. The van der Waals surface area contributed by atoms with E-state index in [1.165, 1.54) is 25.7 Å². The minimum Gasteiger partial charge on any atom is -0.390 e. The van der Waals surface area contributed by atoms with Gasteiger partial charge >= 0.3 is 0 Å². The van der Waals surface area contributed by atoms with E-state index in [0.29, 0.717) is 5.92 Å². The Balaban J connectivity index is 1.97. The van der Waals surface area contributed by atoms with E-state index in [4.69, 9.17) is 0 Å². The molecule has 0 spiro atoms. The van der Waals surface area contributed by atoms with Gasteiger partial charge in [-0.15, -0.1) is 0 Å². The summed E-state index contributed by atoms with van der Waals surface area (Å²) >= 11 is 0. The molecular formula is C9H18O. The maximum Gasteiger partial charge on any atom is 0.0652 e. The quantitative estimate of drug-likeness (QED) is 0.597. The highest BCUT2D eigenvalue weighted by Crippen LogP contribution is 2.45. The predicted molar refractivity (Wildman–Crippen MR) is 42.9 cm³/mol. The standard InChI is InChI=1S/C9H18O/c1-3-4-5-6-8-7-9(8,2)10/h8,10H,3-7H2,1-2H3/t8-,9-/m1/s1. The van der Waals surface area contributed by atoms with Gasteiger partial charge in [0.25, 0.3) is 0 Å². The summed E-state index contributed by atoms with van der Waals surface area (Å²) in [5.41, 5.74) is -0.284. The van der Waals surface area contributed by atoms with Crippen LogP contribution in [-0.2, 0) is 0 Å². The smallest absolute Gasteiger partial charge is 0.0652 e. The Kier molecular flexibility index (Phi) is 2.35. The van der Waals surface area contributed by atoms with Crippen molar-refractivity contribution in [2.24, 2.45) is 5.92 Å². The molecule has 0 bridgehead atoms. The Morgan fingerprint density at radius 3 is 2.50 bits per heavy atom. The van der Waals surface area contributed by atoms with Crippen molar-refractivity contribution in [1.82, 2.24) is 0 Å². The largest absolute Gasteiger partial charge is 0.390 e. The molecular weight excluding hydrogens is 124 g/mol. The van der Waals surface area contributed by atoms with E-state index in [-0.39, 0.29) is 5.60 Å². The Morgan fingerprint density at radius 1 is 1.50 bits per heavy atom. The Morgan fingerprint density at radius 2 is 2.10 bits per heavy atom. The molecule has 60 valence electrons. The Bertz CT molecular complexity index is 107. The van der Waals surface area contributed by atoms with E-state index in [1.54, 1.807) is 0 Å². The molecule has 0 aliphatic heterocycles. The van der Waals surface area contributed by atoms with Crippen LogP contribution in [0.5, 0.6) is 0 Å². The first-order valence-electron chi connectivity index (χ1n) is 4.39. The zero-order valence-electron chi connectivity index (χ0n) is 7.06. The van der Waals surface area contributed by atoms with Gasteiger partial charge in [0.2, 0.25) is 0 Å². The van der Waals surface area contributed by atoms with Gasteiger partial charge < -0.3 is 5.11 Å². The highest BCUT2D eigenvalue weighted by Gasteiger charge is 2.47. The van der Waals surface area contributed by atoms with Crippen molar-refractivity contribution in [3.63, 3.8) is 0 Å². The fourth-order valence-electron chi connectivity index (χ4n) is 1.49. The van der Waals surface area contributed by atoms with Crippen LogP contribution in [0.15, 0.2) is 0 Å². The topological polar surface area (TPSA) is 20.2 Å². The molecule has 0 aromatic carbocycles. The lowest BCUT2D eigenvalue weighted by Gasteiger charge is -2.00. The average Bonchev–Trinajstić information content (AvgIpc) is 2.41. The highest BCUT2D eigenvalue weighted by molar-refractivity contribution is 4.98. The monoisotopic (exact) mass is 142 g/mol. The number of hydrogen-bond donors (Lipinski definition) is 1. The lowest BCUT2D eigenvalue weighted by atomic mass is 10.1. The van der Waals surface area contributed by atoms with Crippen molar-refractivity contribution < 1.29 is 5.11 Å². The van der Waals surface area contributed by atoms with Crippen LogP contribution in [0.4, 0.5) is 0 Å². The molecule has 0 aromatic rings. The number of aliphatic hydroxyl groups is 1. The molecule has 1 heteroatoms. The molecule has 1 aliphatic carbocycles. The maximum absolute atomic E-state index is 9.39. The van der Waals surface area contributed by atoms with E-state index in [1.807, 2.05) is 6.92 Å². The molecule has 0 radical (unpaired) electrons. The molecule has 1 N–H and O–H groups in total. The Hall–Kier alpha value is -0.0400. The van der Waals surface area contributed by atoms with E-state index >= 15 is 0 Å². The van der Waals surface area contributed by atoms with Crippen molar-refractivity contribution in [3.05, 3.63) is 0 Å². The fraction of sp³-hybridized carbons (Fsp3) is 1.00. The molecule has 1 nitrogen and oxygen atoms in total. The second-order valence-corrected chi connectivity index (χ2v) is 3.75. The van der Waals surface area contributed by atoms with Crippen LogP contribution in [0.2, 0.25) is 0 Å². The van der Waals surface area contributed by atoms with Crippen LogP contribution in [0.3, 0.4) is 0 Å². The van der Waals surface area contributed by atoms with Crippen molar-refractivity contribution >= 4 is 0 Å². The van der Waals surface area contributed by atoms with Gasteiger partial charge in [-0.05, 0) is 25.7 Å². The zero-order chi connectivity index (χ0) is 7.61. The number of rotatable bonds is 4. The number of hydrogen-bond acceptors (Lipinski definition) is 1. The molecule has 0 saturated heterocycles. The molecule has 0 unspecified atom stereocenters. The summed E-state index contributed by atoms with van der Waals surface area (Å²) in [4.78, 5) is 0. The van der Waals surface area contributed by atoms with Gasteiger partial charge in [0.1, 0.15) is 0 Å². The van der Waals surface area contributed by atoms with Crippen LogP contribution < -0.4 is 0 Å². The molecule has 1 saturated carbocycles. The molecule has 10 heavy (non-hydrogen) atoms. The molecule has 0 amide bonds. The van der Waals surface area contributed by atoms with Crippen molar-refractivity contribution in [1.29, 1.82) is 0 Å². The van der Waals surface area contributed by atoms with E-state index in [9.17, 15) is 5.11 Å². The molecule has 1 aliphatic rings. The molecule has 0 aromatic heterocycles. The third-order valence-corrected chi connectivity index (χ3v) is 2.54. The van der Waals surface area contributed by atoms with Crippen molar-refractivity contribution in [3.8, 4) is 0 Å². The Labute approximate surface area is 63.4 Å². The zero-order valence-corrected chi connectivity index (χ0v) is 7.06. The van der Waals surface area contributed by atoms with Crippen molar-refractivity contribution in [2.45, 2.75) is 51.6 Å². The first-order chi connectivity index (χ1) is 4.67. The van der Waals surface area contributed by atoms with Gasteiger partial charge in [-0.25, -0.2) is 0 Å². The molecule has 2 atom stereocenters. The predicted octanol–water partition coefficient (Wildman–Crippen LogP) is 2.34. The van der Waals surface area contributed by atoms with Gasteiger partial charge in [-0.2, -0.15) is 0 Å². The molecule has 1 rings (SSSR count). The summed E-state index contributed by atoms with van der Waals surface area (Å²) in [6, 6.07) is 0. The summed E-state index contributed by atoms with van der Waals surface area (Å²) < 4.78 is 0. The lowest BCUT2D eigenvalue weighted by Crippen LogP contribution is -2.02. The first kappa shape index (κ1) is 8.06. The summed E-state index contributed by atoms with van der Waals surface area (Å²) in [6.07, 6.45) is 6.19. The summed E-state index contributed by atoms with van der Waals surface area (Å²) in [5, 5.41) is 9.39. The minimum absolute atomic E-state index is 0.284. The molecule has 0 heterocycles. The van der Waals surface area contributed by atoms with Crippen LogP contribution >= 0.6 is 0 Å². The third kappa shape index (κ3) is 1.98. The van der Waals surface area contributed by atoms with Crippen molar-refractivity contribution in [2.75, 3.05) is 0 Å². The van der Waals surface area contributed by atoms with Crippen LogP contribution in [0.25, 0.3) is 0 Å². The normalized spacial score (nSPS) is 38.1. The average molecular weight is 142 g/mol. The van der Waals surface area contributed by atoms with Gasteiger partial charge in [0.15, 0.2) is 0 Å². The highest BCUT2D eigenvalue weighted by atomic mass is 16.3. The minimum atomic E-state index is -0.284. The fourth-order valence-corrected chi connectivity index (χ4v) is 1.49. The summed E-state index contributed by atoms with van der Waals surface area (Å²) in [6.45, 7) is 4.16. The first-order valence-corrected chi connectivity index (χ1v) is 4.39. The van der Waals surface area contributed by atoms with E-state index < -0.39 is 0 Å². The third-order valence-electron chi connectivity index (χ3n) is 2.54. The molecule has 1 fully saturated rings. The van der Waals surface area contributed by atoms with Crippen LogP contribution in [-0.4, -0.2) is 10.7 Å². The van der Waals surface area contributed by atoms with E-state index in [2.05, 4.69) is 6.92 Å². The maximum atomic E-state index is 9.39. The van der Waals surface area contributed by atoms with Gasteiger partial charge in [0.05, 0.1) is 5.60 Å². The SMILES string of the molecule is CCCCC[C@@H]1C[C@@]1(C)O. The van der Waals surface area contributed by atoms with Gasteiger partial charge in [-0.1, -0.05) is 26.2 Å². The summed E-state index contributed by atoms with van der Waals surface area (Å²) in [7, 11) is 0. The van der Waals surface area contributed by atoms with Crippen LogP contribution in [0, 0.1) is 5.92 Å². The number of unbranched alkanes of at least 4 members (excludes halogenated alkanes) is 2. The second-order valence-electron chi connectivity index (χ2n) is 3.75. The van der Waals surface area contributed by atoms with Gasteiger partial charge in [0, 0.05) is 0 Å². The van der Waals surface area contributed by atoms with Crippen LogP contribution in [0.1, 0.15) is 46.0 Å². The van der Waals surface area contributed by atoms with Gasteiger partial charge in [-0.3, -0.25) is 0 Å². The lowest BCUT2D eigenvalue weighted by molar-refractivity contribution is 0.149.